The maximum absolute atomic E-state index is 13.6. The molecule has 1 unspecified atom stereocenters. The minimum Gasteiger partial charge on any atom is -0.352 e. The lowest BCUT2D eigenvalue weighted by Gasteiger charge is -2.32. The van der Waals surface area contributed by atoms with Crippen molar-refractivity contribution >= 4 is 27.5 Å². The van der Waals surface area contributed by atoms with Gasteiger partial charge in [-0.1, -0.05) is 49.2 Å². The van der Waals surface area contributed by atoms with E-state index in [-0.39, 0.29) is 25.0 Å². The second-order valence-corrected chi connectivity index (χ2v) is 11.1. The summed E-state index contributed by atoms with van der Waals surface area (Å²) in [6, 6.07) is 14.1. The Bertz CT molecular complexity index is 1130. The lowest BCUT2D eigenvalue weighted by atomic mass is 10.1. The number of nitrogens with zero attached hydrogens (tertiary/aromatic N) is 2. The van der Waals surface area contributed by atoms with Crippen LogP contribution in [-0.2, 0) is 26.2 Å². The number of nitrogens with one attached hydrogen (secondary N) is 1. The van der Waals surface area contributed by atoms with Gasteiger partial charge in [0, 0.05) is 12.6 Å². The summed E-state index contributed by atoms with van der Waals surface area (Å²) in [5, 5.41) is 3.07. The van der Waals surface area contributed by atoms with Crippen LogP contribution in [0.15, 0.2) is 48.5 Å². The molecule has 0 heterocycles. The first-order valence-corrected chi connectivity index (χ1v) is 13.6. The van der Waals surface area contributed by atoms with Crippen molar-refractivity contribution in [2.24, 2.45) is 0 Å². The van der Waals surface area contributed by atoms with Crippen LogP contribution < -0.4 is 9.62 Å². The van der Waals surface area contributed by atoms with Crippen LogP contribution in [0.1, 0.15) is 49.3 Å². The van der Waals surface area contributed by atoms with Crippen LogP contribution in [0, 0.1) is 13.8 Å². The third-order valence-corrected chi connectivity index (χ3v) is 7.58. The quantitative estimate of drug-likeness (QED) is 0.589. The van der Waals surface area contributed by atoms with Crippen LogP contribution in [0.4, 0.5) is 5.69 Å². The standard InChI is InChI=1S/C26H35N3O4S/c1-19-10-9-15-24(16-19)29(34(4,32)33)18-25(30)28(17-22-12-6-5-11-20(22)2)21(3)26(31)27-23-13-7-8-14-23/h5-6,9-12,15-16,21,23H,7-8,13-14,17-18H2,1-4H3,(H,27,31). The molecule has 0 saturated heterocycles. The van der Waals surface area contributed by atoms with Gasteiger partial charge in [-0.05, 0) is 62.4 Å². The Kier molecular flexibility index (Phi) is 8.36. The predicted octanol–water partition coefficient (Wildman–Crippen LogP) is 3.55. The molecule has 7 nitrogen and oxygen atoms in total. The third-order valence-electron chi connectivity index (χ3n) is 6.44. The van der Waals surface area contributed by atoms with E-state index in [1.54, 1.807) is 25.1 Å². The molecule has 184 valence electrons. The van der Waals surface area contributed by atoms with Gasteiger partial charge in [-0.2, -0.15) is 0 Å². The van der Waals surface area contributed by atoms with Crippen molar-refractivity contribution in [2.45, 2.75) is 65.1 Å². The summed E-state index contributed by atoms with van der Waals surface area (Å²) in [4.78, 5) is 28.2. The van der Waals surface area contributed by atoms with Crippen molar-refractivity contribution in [1.82, 2.24) is 10.2 Å². The smallest absolute Gasteiger partial charge is 0.244 e. The highest BCUT2D eigenvalue weighted by Gasteiger charge is 2.31. The van der Waals surface area contributed by atoms with E-state index >= 15 is 0 Å². The molecule has 0 aliphatic heterocycles. The molecule has 0 radical (unpaired) electrons. The molecule has 8 heteroatoms. The van der Waals surface area contributed by atoms with Crippen molar-refractivity contribution in [3.63, 3.8) is 0 Å². The monoisotopic (exact) mass is 485 g/mol. The van der Waals surface area contributed by atoms with Crippen molar-refractivity contribution in [2.75, 3.05) is 17.1 Å². The van der Waals surface area contributed by atoms with Gasteiger partial charge in [0.1, 0.15) is 12.6 Å². The summed E-state index contributed by atoms with van der Waals surface area (Å²) >= 11 is 0. The first kappa shape index (κ1) is 25.7. The zero-order valence-electron chi connectivity index (χ0n) is 20.5. The highest BCUT2D eigenvalue weighted by atomic mass is 32.2. The number of benzene rings is 2. The fourth-order valence-electron chi connectivity index (χ4n) is 4.34. The number of carbonyl (C=O) groups excluding carboxylic acids is 2. The van der Waals surface area contributed by atoms with Gasteiger partial charge in [0.2, 0.25) is 21.8 Å². The summed E-state index contributed by atoms with van der Waals surface area (Å²) in [6.07, 6.45) is 5.15. The molecular weight excluding hydrogens is 450 g/mol. The molecule has 1 N–H and O–H groups in total. The molecule has 2 aromatic carbocycles. The second-order valence-electron chi connectivity index (χ2n) is 9.22. The van der Waals surface area contributed by atoms with E-state index in [1.807, 2.05) is 44.2 Å². The molecule has 0 aromatic heterocycles. The van der Waals surface area contributed by atoms with Gasteiger partial charge in [0.15, 0.2) is 0 Å². The van der Waals surface area contributed by atoms with Crippen LogP contribution in [0.2, 0.25) is 0 Å². The number of hydrogen-bond donors (Lipinski definition) is 1. The number of anilines is 1. The minimum atomic E-state index is -3.72. The SMILES string of the molecule is Cc1cccc(N(CC(=O)N(Cc2ccccc2C)C(C)C(=O)NC2CCCC2)S(C)(=O)=O)c1. The lowest BCUT2D eigenvalue weighted by Crippen LogP contribution is -2.52. The van der Waals surface area contributed by atoms with Gasteiger partial charge in [0.05, 0.1) is 11.9 Å². The van der Waals surface area contributed by atoms with Gasteiger partial charge in [-0.3, -0.25) is 13.9 Å². The van der Waals surface area contributed by atoms with Crippen molar-refractivity contribution in [3.8, 4) is 0 Å². The fraction of sp³-hybridized carbons (Fsp3) is 0.462. The van der Waals surface area contributed by atoms with Crippen molar-refractivity contribution in [3.05, 3.63) is 65.2 Å². The van der Waals surface area contributed by atoms with E-state index in [0.717, 1.165) is 52.9 Å². The number of sulfonamides is 1. The number of aryl methyl sites for hydroxylation is 2. The summed E-state index contributed by atoms with van der Waals surface area (Å²) in [5.41, 5.74) is 3.23. The average Bonchev–Trinajstić information content (AvgIpc) is 3.28. The number of carbonyl (C=O) groups is 2. The van der Waals surface area contributed by atoms with Crippen LogP contribution in [0.25, 0.3) is 0 Å². The van der Waals surface area contributed by atoms with E-state index in [1.165, 1.54) is 4.90 Å². The highest BCUT2D eigenvalue weighted by Crippen LogP contribution is 2.22. The molecule has 2 aromatic rings. The van der Waals surface area contributed by atoms with Gasteiger partial charge in [-0.15, -0.1) is 0 Å². The molecule has 0 spiro atoms. The molecule has 1 atom stereocenters. The fourth-order valence-corrected chi connectivity index (χ4v) is 5.18. The molecule has 1 saturated carbocycles. The van der Waals surface area contributed by atoms with E-state index in [2.05, 4.69) is 5.32 Å². The third kappa shape index (κ3) is 6.59. The number of rotatable bonds is 9. The molecule has 34 heavy (non-hydrogen) atoms. The van der Waals surface area contributed by atoms with E-state index < -0.39 is 22.0 Å². The highest BCUT2D eigenvalue weighted by molar-refractivity contribution is 7.92. The van der Waals surface area contributed by atoms with Crippen LogP contribution in [0.5, 0.6) is 0 Å². The van der Waals surface area contributed by atoms with Crippen LogP contribution in [-0.4, -0.2) is 50.0 Å². The molecule has 1 aliphatic rings. The Labute approximate surface area is 203 Å². The largest absolute Gasteiger partial charge is 0.352 e. The lowest BCUT2D eigenvalue weighted by molar-refractivity contribution is -0.139. The van der Waals surface area contributed by atoms with Gasteiger partial charge < -0.3 is 10.2 Å². The molecule has 1 aliphatic carbocycles. The number of hydrogen-bond acceptors (Lipinski definition) is 4. The van der Waals surface area contributed by atoms with E-state index in [9.17, 15) is 18.0 Å². The normalized spacial score (nSPS) is 15.1. The van der Waals surface area contributed by atoms with Gasteiger partial charge in [-0.25, -0.2) is 8.42 Å². The first-order chi connectivity index (χ1) is 16.1. The summed E-state index contributed by atoms with van der Waals surface area (Å²) in [6.45, 7) is 5.37. The Morgan fingerprint density at radius 2 is 1.74 bits per heavy atom. The zero-order valence-corrected chi connectivity index (χ0v) is 21.3. The molecular formula is C26H35N3O4S. The topological polar surface area (TPSA) is 86.8 Å². The summed E-state index contributed by atoms with van der Waals surface area (Å²) < 4.78 is 26.4. The zero-order chi connectivity index (χ0) is 24.9. The Balaban J connectivity index is 1.89. The molecule has 0 bridgehead atoms. The van der Waals surface area contributed by atoms with Gasteiger partial charge >= 0.3 is 0 Å². The minimum absolute atomic E-state index is 0.130. The molecule has 3 rings (SSSR count). The maximum Gasteiger partial charge on any atom is 0.244 e. The van der Waals surface area contributed by atoms with E-state index in [0.29, 0.717) is 5.69 Å². The number of amides is 2. The Hall–Kier alpha value is -2.87. The molecule has 1 fully saturated rings. The Morgan fingerprint density at radius 3 is 2.35 bits per heavy atom. The van der Waals surface area contributed by atoms with E-state index in [4.69, 9.17) is 0 Å². The Morgan fingerprint density at radius 1 is 1.06 bits per heavy atom. The summed E-state index contributed by atoms with van der Waals surface area (Å²) in [5.74, 6) is -0.639. The summed E-state index contributed by atoms with van der Waals surface area (Å²) in [7, 11) is -3.72. The van der Waals surface area contributed by atoms with Crippen LogP contribution >= 0.6 is 0 Å². The predicted molar refractivity (Wildman–Crippen MR) is 135 cm³/mol. The molecule has 2 amide bonds. The maximum atomic E-state index is 13.6. The second kappa shape index (κ2) is 11.0. The first-order valence-electron chi connectivity index (χ1n) is 11.7. The van der Waals surface area contributed by atoms with Crippen molar-refractivity contribution in [1.29, 1.82) is 0 Å². The van der Waals surface area contributed by atoms with Gasteiger partial charge in [0.25, 0.3) is 0 Å². The average molecular weight is 486 g/mol. The van der Waals surface area contributed by atoms with Crippen molar-refractivity contribution < 1.29 is 18.0 Å². The van der Waals surface area contributed by atoms with Crippen LogP contribution in [0.3, 0.4) is 0 Å².